The Hall–Kier alpha value is -0.830. The zero-order chi connectivity index (χ0) is 14.1. The van der Waals surface area contributed by atoms with Crippen molar-refractivity contribution in [2.45, 2.75) is 58.9 Å². The predicted molar refractivity (Wildman–Crippen MR) is 78.2 cm³/mol. The second-order valence-corrected chi connectivity index (χ2v) is 7.44. The minimum Gasteiger partial charge on any atom is -0.333 e. The van der Waals surface area contributed by atoms with E-state index in [1.165, 1.54) is 11.4 Å². The first kappa shape index (κ1) is 15.2. The van der Waals surface area contributed by atoms with Gasteiger partial charge in [0, 0.05) is 29.6 Å². The first-order valence-electron chi connectivity index (χ1n) is 6.74. The summed E-state index contributed by atoms with van der Waals surface area (Å²) in [6.07, 6.45) is 2.00. The van der Waals surface area contributed by atoms with Gasteiger partial charge in [-0.2, -0.15) is 0 Å². The summed E-state index contributed by atoms with van der Waals surface area (Å²) >= 11 is 0. The van der Waals surface area contributed by atoms with Gasteiger partial charge in [0.2, 0.25) is 0 Å². The third-order valence-corrected chi connectivity index (χ3v) is 3.05. The third kappa shape index (κ3) is 3.58. The average Bonchev–Trinajstić information content (AvgIpc) is 2.56. The Labute approximate surface area is 112 Å². The number of hydrogen-bond acceptors (Lipinski definition) is 2. The van der Waals surface area contributed by atoms with Crippen LogP contribution < -0.4 is 0 Å². The smallest absolute Gasteiger partial charge is 0.0952 e. The molecule has 0 saturated carbocycles. The lowest BCUT2D eigenvalue weighted by molar-refractivity contribution is 0.372. The molecule has 0 fully saturated rings. The molecule has 1 aromatic rings. The van der Waals surface area contributed by atoms with Crippen LogP contribution in [-0.4, -0.2) is 35.1 Å². The molecular weight excluding hydrogens is 222 g/mol. The highest BCUT2D eigenvalue weighted by molar-refractivity contribution is 5.27. The Morgan fingerprint density at radius 2 is 1.61 bits per heavy atom. The quantitative estimate of drug-likeness (QED) is 0.823. The summed E-state index contributed by atoms with van der Waals surface area (Å²) in [6, 6.07) is 0. The molecule has 1 rings (SSSR count). The van der Waals surface area contributed by atoms with Crippen molar-refractivity contribution in [2.75, 3.05) is 20.6 Å². The molecule has 0 unspecified atom stereocenters. The van der Waals surface area contributed by atoms with Crippen molar-refractivity contribution in [1.29, 1.82) is 0 Å². The number of nitrogens with zero attached hydrogens (tertiary/aromatic N) is 3. The SMILES string of the molecule is CN(C)CCn1cnc(C(C)(C)C)c1C(C)(C)C. The van der Waals surface area contributed by atoms with Crippen LogP contribution in [0.5, 0.6) is 0 Å². The van der Waals surface area contributed by atoms with Gasteiger partial charge in [0.15, 0.2) is 0 Å². The fourth-order valence-electron chi connectivity index (χ4n) is 2.19. The molecule has 0 bridgehead atoms. The van der Waals surface area contributed by atoms with Crippen LogP contribution in [0.4, 0.5) is 0 Å². The number of imidazole rings is 1. The largest absolute Gasteiger partial charge is 0.333 e. The molecular formula is C15H29N3. The molecule has 1 aromatic heterocycles. The standard InChI is InChI=1S/C15H29N3/c1-14(2,3)12-13(15(4,5)6)18(11-16-12)10-9-17(7)8/h11H,9-10H2,1-8H3. The van der Waals surface area contributed by atoms with Crippen LogP contribution in [0.1, 0.15) is 52.9 Å². The van der Waals surface area contributed by atoms with Crippen molar-refractivity contribution in [3.63, 3.8) is 0 Å². The highest BCUT2D eigenvalue weighted by Gasteiger charge is 2.29. The van der Waals surface area contributed by atoms with E-state index in [4.69, 9.17) is 0 Å². The summed E-state index contributed by atoms with van der Waals surface area (Å²) in [5, 5.41) is 0. The van der Waals surface area contributed by atoms with E-state index < -0.39 is 0 Å². The molecule has 18 heavy (non-hydrogen) atoms. The van der Waals surface area contributed by atoms with Crippen molar-refractivity contribution in [2.24, 2.45) is 0 Å². The lowest BCUT2D eigenvalue weighted by atomic mass is 9.82. The van der Waals surface area contributed by atoms with Gasteiger partial charge in [-0.25, -0.2) is 4.98 Å². The predicted octanol–water partition coefficient (Wildman–Crippen LogP) is 3.04. The summed E-state index contributed by atoms with van der Waals surface area (Å²) in [5.41, 5.74) is 2.84. The topological polar surface area (TPSA) is 21.1 Å². The Balaban J connectivity index is 3.17. The van der Waals surface area contributed by atoms with Crippen molar-refractivity contribution in [3.8, 4) is 0 Å². The summed E-state index contributed by atoms with van der Waals surface area (Å²) in [7, 11) is 4.22. The fourth-order valence-corrected chi connectivity index (χ4v) is 2.19. The van der Waals surface area contributed by atoms with Gasteiger partial charge in [0.25, 0.3) is 0 Å². The normalized spacial score (nSPS) is 13.4. The lowest BCUT2D eigenvalue weighted by Gasteiger charge is -2.28. The number of likely N-dealkylation sites (N-methyl/N-ethyl adjacent to an activating group) is 1. The molecule has 0 aliphatic carbocycles. The third-order valence-electron chi connectivity index (χ3n) is 3.05. The van der Waals surface area contributed by atoms with E-state index in [1.54, 1.807) is 0 Å². The first-order chi connectivity index (χ1) is 8.03. The highest BCUT2D eigenvalue weighted by atomic mass is 15.1. The Morgan fingerprint density at radius 3 is 2.00 bits per heavy atom. The van der Waals surface area contributed by atoms with Crippen molar-refractivity contribution >= 4 is 0 Å². The van der Waals surface area contributed by atoms with Crippen LogP contribution >= 0.6 is 0 Å². The van der Waals surface area contributed by atoms with E-state index >= 15 is 0 Å². The van der Waals surface area contributed by atoms with Gasteiger partial charge in [-0.3, -0.25) is 0 Å². The second kappa shape index (κ2) is 5.04. The first-order valence-corrected chi connectivity index (χ1v) is 6.74. The molecule has 0 saturated heterocycles. The van der Waals surface area contributed by atoms with E-state index in [0.717, 1.165) is 13.1 Å². The van der Waals surface area contributed by atoms with E-state index in [2.05, 4.69) is 70.1 Å². The zero-order valence-corrected chi connectivity index (χ0v) is 13.3. The van der Waals surface area contributed by atoms with Crippen molar-refractivity contribution in [3.05, 3.63) is 17.7 Å². The van der Waals surface area contributed by atoms with E-state index in [9.17, 15) is 0 Å². The van der Waals surface area contributed by atoms with Gasteiger partial charge in [0.1, 0.15) is 0 Å². The van der Waals surface area contributed by atoms with Crippen molar-refractivity contribution < 1.29 is 0 Å². The molecule has 1 heterocycles. The molecule has 0 aromatic carbocycles. The van der Waals surface area contributed by atoms with Crippen molar-refractivity contribution in [1.82, 2.24) is 14.5 Å². The molecule has 0 atom stereocenters. The maximum atomic E-state index is 4.68. The number of rotatable bonds is 3. The molecule has 0 amide bonds. The second-order valence-electron chi connectivity index (χ2n) is 7.44. The van der Waals surface area contributed by atoms with Crippen LogP contribution in [0, 0.1) is 0 Å². The van der Waals surface area contributed by atoms with Gasteiger partial charge >= 0.3 is 0 Å². The summed E-state index contributed by atoms with van der Waals surface area (Å²) in [6.45, 7) is 15.6. The molecule has 0 N–H and O–H groups in total. The van der Waals surface area contributed by atoms with Crippen LogP contribution in [0.3, 0.4) is 0 Å². The fraction of sp³-hybridized carbons (Fsp3) is 0.800. The van der Waals surface area contributed by atoms with Gasteiger partial charge in [-0.15, -0.1) is 0 Å². The van der Waals surface area contributed by atoms with Gasteiger partial charge in [0.05, 0.1) is 12.0 Å². The number of aromatic nitrogens is 2. The zero-order valence-electron chi connectivity index (χ0n) is 13.3. The molecule has 0 radical (unpaired) electrons. The van der Waals surface area contributed by atoms with Crippen LogP contribution in [0.25, 0.3) is 0 Å². The minimum absolute atomic E-state index is 0.103. The van der Waals surface area contributed by atoms with Crippen LogP contribution in [0.15, 0.2) is 6.33 Å². The molecule has 0 spiro atoms. The highest BCUT2D eigenvalue weighted by Crippen LogP contribution is 2.32. The molecule has 104 valence electrons. The summed E-state index contributed by atoms with van der Waals surface area (Å²) in [5.74, 6) is 0. The van der Waals surface area contributed by atoms with E-state index in [1.807, 2.05) is 6.33 Å². The van der Waals surface area contributed by atoms with E-state index in [0.29, 0.717) is 0 Å². The van der Waals surface area contributed by atoms with Crippen LogP contribution in [0.2, 0.25) is 0 Å². The maximum absolute atomic E-state index is 4.68. The Bertz CT molecular complexity index is 389. The summed E-state index contributed by atoms with van der Waals surface area (Å²) < 4.78 is 2.32. The van der Waals surface area contributed by atoms with Gasteiger partial charge < -0.3 is 9.47 Å². The molecule has 3 nitrogen and oxygen atoms in total. The van der Waals surface area contributed by atoms with Gasteiger partial charge in [-0.1, -0.05) is 41.5 Å². The minimum atomic E-state index is 0.103. The average molecular weight is 251 g/mol. The molecule has 3 heteroatoms. The molecule has 0 aliphatic rings. The maximum Gasteiger partial charge on any atom is 0.0952 e. The van der Waals surface area contributed by atoms with Gasteiger partial charge in [-0.05, 0) is 14.1 Å². The summed E-state index contributed by atoms with van der Waals surface area (Å²) in [4.78, 5) is 6.89. The molecule has 0 aliphatic heterocycles. The Kier molecular flexibility index (Phi) is 4.26. The van der Waals surface area contributed by atoms with Crippen LogP contribution in [-0.2, 0) is 17.4 Å². The van der Waals surface area contributed by atoms with E-state index in [-0.39, 0.29) is 10.8 Å². The number of hydrogen-bond donors (Lipinski definition) is 0. The monoisotopic (exact) mass is 251 g/mol. The lowest BCUT2D eigenvalue weighted by Crippen LogP contribution is -2.27. The Morgan fingerprint density at radius 1 is 1.06 bits per heavy atom.